The quantitative estimate of drug-likeness (QED) is 0.288. The molecule has 0 radical (unpaired) electrons. The molecule has 0 aromatic heterocycles. The molecule has 33 heavy (non-hydrogen) atoms. The predicted molar refractivity (Wildman–Crippen MR) is 135 cm³/mol. The molecule has 0 aromatic rings. The molecule has 4 bridgehead atoms. The van der Waals surface area contributed by atoms with Gasteiger partial charge >= 0.3 is 0 Å². The number of unbranched alkanes of at least 4 members (excludes halogenated alkanes) is 8. The Hall–Kier alpha value is -0.900. The Morgan fingerprint density at radius 1 is 0.727 bits per heavy atom. The van der Waals surface area contributed by atoms with Crippen LogP contribution in [0.3, 0.4) is 0 Å². The summed E-state index contributed by atoms with van der Waals surface area (Å²) in [5.41, 5.74) is 0.374. The molecule has 0 atom stereocenters. The molecular weight excluding hydrogens is 408 g/mol. The molecule has 4 nitrogen and oxygen atoms in total. The first-order chi connectivity index (χ1) is 16.1. The molecule has 0 spiro atoms. The van der Waals surface area contributed by atoms with Gasteiger partial charge in [-0.2, -0.15) is 0 Å². The van der Waals surface area contributed by atoms with Crippen LogP contribution in [0.1, 0.15) is 122 Å². The van der Waals surface area contributed by atoms with Gasteiger partial charge in [0.25, 0.3) is 0 Å². The van der Waals surface area contributed by atoms with E-state index in [1.807, 2.05) is 0 Å². The van der Waals surface area contributed by atoms with E-state index >= 15 is 0 Å². The molecule has 1 aliphatic heterocycles. The Kier molecular flexibility index (Phi) is 9.70. The van der Waals surface area contributed by atoms with E-state index in [4.69, 9.17) is 0 Å². The lowest BCUT2D eigenvalue weighted by Gasteiger charge is -2.56. The molecule has 1 heterocycles. The van der Waals surface area contributed by atoms with Gasteiger partial charge in [-0.1, -0.05) is 44.9 Å². The number of carbonyl (C=O) groups excluding carboxylic acids is 2. The lowest BCUT2D eigenvalue weighted by molar-refractivity contribution is -0.129. The highest BCUT2D eigenvalue weighted by Gasteiger charge is 2.51. The van der Waals surface area contributed by atoms with Crippen molar-refractivity contribution in [2.24, 2.45) is 29.1 Å². The van der Waals surface area contributed by atoms with E-state index in [-0.39, 0.29) is 0 Å². The molecule has 1 amide bonds. The van der Waals surface area contributed by atoms with Crippen molar-refractivity contribution in [3.05, 3.63) is 0 Å². The highest BCUT2D eigenvalue weighted by molar-refractivity contribution is 5.81. The van der Waals surface area contributed by atoms with Crippen molar-refractivity contribution in [1.82, 2.24) is 10.6 Å². The molecule has 5 rings (SSSR count). The highest BCUT2D eigenvalue weighted by atomic mass is 16.1. The largest absolute Gasteiger partial charge is 0.356 e. The minimum atomic E-state index is 0.329. The summed E-state index contributed by atoms with van der Waals surface area (Å²) in [5, 5.41) is 6.59. The fraction of sp³-hybridized carbons (Fsp3) is 0.931. The van der Waals surface area contributed by atoms with E-state index in [0.29, 0.717) is 23.0 Å². The molecule has 1 saturated heterocycles. The van der Waals surface area contributed by atoms with Crippen molar-refractivity contribution in [1.29, 1.82) is 0 Å². The van der Waals surface area contributed by atoms with Crippen LogP contribution in [-0.4, -0.2) is 31.3 Å². The van der Waals surface area contributed by atoms with E-state index in [2.05, 4.69) is 10.6 Å². The predicted octanol–water partition coefficient (Wildman–Crippen LogP) is 6.18. The smallest absolute Gasteiger partial charge is 0.220 e. The van der Waals surface area contributed by atoms with Gasteiger partial charge in [-0.15, -0.1) is 0 Å². The van der Waals surface area contributed by atoms with Crippen LogP contribution in [0.25, 0.3) is 0 Å². The van der Waals surface area contributed by atoms with Crippen LogP contribution in [0.4, 0.5) is 0 Å². The summed E-state index contributed by atoms with van der Waals surface area (Å²) in [5.74, 6) is 3.99. The molecular formula is C29H50N2O2. The van der Waals surface area contributed by atoms with Crippen LogP contribution in [0.15, 0.2) is 0 Å². The first-order valence-corrected chi connectivity index (χ1v) is 14.6. The van der Waals surface area contributed by atoms with Gasteiger partial charge in [0.1, 0.15) is 5.78 Å². The molecule has 5 aliphatic rings. The van der Waals surface area contributed by atoms with Crippen molar-refractivity contribution >= 4 is 11.7 Å². The average molecular weight is 459 g/mol. The molecule has 4 aliphatic carbocycles. The van der Waals surface area contributed by atoms with Crippen LogP contribution >= 0.6 is 0 Å². The maximum Gasteiger partial charge on any atom is 0.220 e. The van der Waals surface area contributed by atoms with Gasteiger partial charge in [-0.25, -0.2) is 0 Å². The van der Waals surface area contributed by atoms with Crippen LogP contribution < -0.4 is 10.6 Å². The number of ketones is 1. The molecule has 4 heteroatoms. The number of hydrogen-bond donors (Lipinski definition) is 2. The van der Waals surface area contributed by atoms with Gasteiger partial charge in [-0.05, 0) is 100 Å². The van der Waals surface area contributed by atoms with E-state index < -0.39 is 0 Å². The Labute approximate surface area is 202 Å². The highest BCUT2D eigenvalue weighted by Crippen LogP contribution is 2.61. The van der Waals surface area contributed by atoms with Crippen LogP contribution in [-0.2, 0) is 9.59 Å². The summed E-state index contributed by atoms with van der Waals surface area (Å²) in [6.45, 7) is 2.91. The van der Waals surface area contributed by atoms with E-state index in [9.17, 15) is 9.59 Å². The van der Waals surface area contributed by atoms with E-state index in [1.54, 1.807) is 0 Å². The van der Waals surface area contributed by atoms with Crippen LogP contribution in [0, 0.1) is 29.1 Å². The van der Waals surface area contributed by atoms with Crippen molar-refractivity contribution in [2.45, 2.75) is 122 Å². The van der Waals surface area contributed by atoms with Gasteiger partial charge in [0.15, 0.2) is 0 Å². The van der Waals surface area contributed by atoms with Crippen molar-refractivity contribution < 1.29 is 9.59 Å². The van der Waals surface area contributed by atoms with Gasteiger partial charge in [0.05, 0.1) is 0 Å². The SMILES string of the molecule is O=C(CC12CC3CC(CC(C3)C1)C2)NCCCCCCCCCCCC(=O)C1CCNCC1. The number of carbonyl (C=O) groups is 2. The van der Waals surface area contributed by atoms with Gasteiger partial charge in [-0.3, -0.25) is 9.59 Å². The fourth-order valence-corrected chi connectivity index (χ4v) is 8.15. The average Bonchev–Trinajstić information content (AvgIpc) is 2.79. The minimum absolute atomic E-state index is 0.329. The number of nitrogens with one attached hydrogen (secondary N) is 2. The summed E-state index contributed by atoms with van der Waals surface area (Å²) in [6.07, 6.45) is 23.3. The zero-order valence-corrected chi connectivity index (χ0v) is 21.2. The van der Waals surface area contributed by atoms with Crippen molar-refractivity contribution in [2.75, 3.05) is 19.6 Å². The Morgan fingerprint density at radius 2 is 1.24 bits per heavy atom. The number of piperidine rings is 1. The van der Waals surface area contributed by atoms with E-state index in [0.717, 1.165) is 75.9 Å². The summed E-state index contributed by atoms with van der Waals surface area (Å²) in [4.78, 5) is 24.8. The Morgan fingerprint density at radius 3 is 1.82 bits per heavy atom. The molecule has 188 valence electrons. The second-order valence-corrected chi connectivity index (χ2v) is 12.4. The van der Waals surface area contributed by atoms with Crippen LogP contribution in [0.2, 0.25) is 0 Å². The summed E-state index contributed by atoms with van der Waals surface area (Å²) in [6, 6.07) is 0. The Bertz CT molecular complexity index is 590. The molecule has 0 aromatic carbocycles. The second kappa shape index (κ2) is 12.7. The molecule has 2 N–H and O–H groups in total. The molecule has 5 fully saturated rings. The van der Waals surface area contributed by atoms with Gasteiger partial charge in [0, 0.05) is 25.3 Å². The van der Waals surface area contributed by atoms with Crippen LogP contribution in [0.5, 0.6) is 0 Å². The summed E-state index contributed by atoms with van der Waals surface area (Å²) < 4.78 is 0. The van der Waals surface area contributed by atoms with Crippen molar-refractivity contribution in [3.8, 4) is 0 Å². The first kappa shape index (κ1) is 25.2. The van der Waals surface area contributed by atoms with Gasteiger partial charge in [0.2, 0.25) is 5.91 Å². The number of hydrogen-bond acceptors (Lipinski definition) is 3. The lowest BCUT2D eigenvalue weighted by Crippen LogP contribution is -2.48. The second-order valence-electron chi connectivity index (χ2n) is 12.4. The molecule has 4 saturated carbocycles. The third kappa shape index (κ3) is 7.80. The number of rotatable bonds is 15. The zero-order valence-electron chi connectivity index (χ0n) is 21.2. The zero-order chi connectivity index (χ0) is 22.9. The fourth-order valence-electron chi connectivity index (χ4n) is 8.15. The number of amides is 1. The first-order valence-electron chi connectivity index (χ1n) is 14.6. The Balaban J connectivity index is 0.931. The topological polar surface area (TPSA) is 58.2 Å². The third-order valence-corrected chi connectivity index (χ3v) is 9.42. The van der Waals surface area contributed by atoms with Crippen molar-refractivity contribution in [3.63, 3.8) is 0 Å². The summed E-state index contributed by atoms with van der Waals surface area (Å²) >= 11 is 0. The maximum atomic E-state index is 12.6. The standard InChI is InChI=1S/C29H50N2O2/c32-27(26-11-14-30-15-12-26)10-8-6-4-2-1-3-5-7-9-13-31-28(33)22-29-19-23-16-24(20-29)18-25(17-23)21-29/h23-26,30H,1-22H2,(H,31,33). The maximum absolute atomic E-state index is 12.6. The van der Waals surface area contributed by atoms with Gasteiger partial charge < -0.3 is 10.6 Å². The lowest BCUT2D eigenvalue weighted by atomic mass is 9.49. The third-order valence-electron chi connectivity index (χ3n) is 9.42. The minimum Gasteiger partial charge on any atom is -0.356 e. The number of Topliss-reactive ketones (excluding diaryl/α,β-unsaturated/α-hetero) is 1. The monoisotopic (exact) mass is 458 g/mol. The summed E-state index contributed by atoms with van der Waals surface area (Å²) in [7, 11) is 0. The normalized spacial score (nSPS) is 31.1. The molecule has 0 unspecified atom stereocenters. The van der Waals surface area contributed by atoms with E-state index in [1.165, 1.54) is 83.5 Å².